The molecule has 31 heavy (non-hydrogen) atoms. The van der Waals surface area contributed by atoms with Gasteiger partial charge in [-0.25, -0.2) is 14.8 Å². The Hall–Kier alpha value is -2.44. The van der Waals surface area contributed by atoms with Crippen LogP contribution in [-0.2, 0) is 9.53 Å². The molecule has 1 aromatic rings. The van der Waals surface area contributed by atoms with Crippen LogP contribution in [0.25, 0.3) is 0 Å². The molecular weight excluding hydrogens is 420 g/mol. The molecule has 1 amide bonds. The Morgan fingerprint density at radius 3 is 2.61 bits per heavy atom. The van der Waals surface area contributed by atoms with Crippen LogP contribution in [0, 0.1) is 18.3 Å². The highest BCUT2D eigenvalue weighted by atomic mass is 35.5. The van der Waals surface area contributed by atoms with Crippen molar-refractivity contribution in [2.24, 2.45) is 0 Å². The van der Waals surface area contributed by atoms with Gasteiger partial charge >= 0.3 is 5.97 Å². The van der Waals surface area contributed by atoms with Gasteiger partial charge in [0.15, 0.2) is 0 Å². The first kappa shape index (κ1) is 23.2. The molecule has 168 valence electrons. The van der Waals surface area contributed by atoms with Gasteiger partial charge in [-0.05, 0) is 52.4 Å². The van der Waals surface area contributed by atoms with E-state index in [-0.39, 0.29) is 47.9 Å². The number of anilines is 1. The molecule has 0 unspecified atom stereocenters. The third-order valence-electron chi connectivity index (χ3n) is 5.79. The van der Waals surface area contributed by atoms with Gasteiger partial charge in [0.25, 0.3) is 0 Å². The van der Waals surface area contributed by atoms with Gasteiger partial charge in [-0.3, -0.25) is 4.79 Å². The number of rotatable bonds is 7. The van der Waals surface area contributed by atoms with E-state index in [0.717, 1.165) is 38.5 Å². The van der Waals surface area contributed by atoms with Gasteiger partial charge in [-0.1, -0.05) is 11.6 Å². The molecule has 0 aromatic carbocycles. The fraction of sp³-hybridized carbons (Fsp3) is 0.667. The molecule has 1 atom stereocenters. The zero-order valence-electron chi connectivity index (χ0n) is 18.0. The number of nitriles is 1. The van der Waals surface area contributed by atoms with Gasteiger partial charge in [0.1, 0.15) is 28.4 Å². The van der Waals surface area contributed by atoms with Crippen molar-refractivity contribution in [3.05, 3.63) is 16.5 Å². The van der Waals surface area contributed by atoms with Crippen molar-refractivity contribution in [3.8, 4) is 6.07 Å². The molecule has 2 aliphatic rings. The molecule has 10 heteroatoms. The topological polar surface area (TPSA) is 120 Å². The summed E-state index contributed by atoms with van der Waals surface area (Å²) in [6.45, 7) is 4.62. The lowest BCUT2D eigenvalue weighted by atomic mass is 9.91. The molecule has 2 heterocycles. The number of amides is 1. The molecule has 1 aromatic heterocycles. The van der Waals surface area contributed by atoms with Gasteiger partial charge in [0, 0.05) is 18.6 Å². The summed E-state index contributed by atoms with van der Waals surface area (Å²) in [4.78, 5) is 34.8. The normalized spacial score (nSPS) is 23.3. The van der Waals surface area contributed by atoms with Crippen molar-refractivity contribution in [2.75, 3.05) is 25.0 Å². The number of likely N-dealkylation sites (tertiary alicyclic amines) is 1. The van der Waals surface area contributed by atoms with Gasteiger partial charge in [0.2, 0.25) is 5.91 Å². The Balaban J connectivity index is 1.52. The standard InChI is InChI=1S/C21H29ClN6O3/c1-3-31-21(30)18-19(22)25-13(2)26-20(18)27-15-8-6-14(7-9-15)24-12-17(29)28-10-4-5-16(28)11-23/h14-16,24H,3-10,12H2,1-2H3,(H,25,26,27)/t14?,15?,16-/m0/s1. The average Bonchev–Trinajstić information content (AvgIpc) is 3.22. The van der Waals surface area contributed by atoms with Crippen LogP contribution < -0.4 is 10.6 Å². The van der Waals surface area contributed by atoms with E-state index in [4.69, 9.17) is 21.6 Å². The molecule has 0 spiro atoms. The molecule has 1 saturated heterocycles. The Labute approximate surface area is 187 Å². The number of aromatic nitrogens is 2. The first-order valence-electron chi connectivity index (χ1n) is 10.8. The van der Waals surface area contributed by atoms with E-state index in [1.807, 2.05) is 0 Å². The quantitative estimate of drug-likeness (QED) is 0.482. The maximum Gasteiger partial charge on any atom is 0.345 e. The molecule has 3 rings (SSSR count). The van der Waals surface area contributed by atoms with Crippen LogP contribution in [0.3, 0.4) is 0 Å². The molecule has 1 aliphatic carbocycles. The molecule has 9 nitrogen and oxygen atoms in total. The summed E-state index contributed by atoms with van der Waals surface area (Å²) < 4.78 is 5.10. The smallest absolute Gasteiger partial charge is 0.345 e. The summed E-state index contributed by atoms with van der Waals surface area (Å²) in [5, 5.41) is 15.9. The van der Waals surface area contributed by atoms with E-state index in [9.17, 15) is 9.59 Å². The Bertz CT molecular complexity index is 850. The fourth-order valence-electron chi connectivity index (χ4n) is 4.19. The predicted molar refractivity (Wildman–Crippen MR) is 116 cm³/mol. The van der Waals surface area contributed by atoms with Crippen molar-refractivity contribution < 1.29 is 14.3 Å². The summed E-state index contributed by atoms with van der Waals surface area (Å²) in [6, 6.07) is 2.29. The third-order valence-corrected chi connectivity index (χ3v) is 6.06. The maximum atomic E-state index is 12.4. The molecule has 0 radical (unpaired) electrons. The maximum absolute atomic E-state index is 12.4. The van der Waals surface area contributed by atoms with Crippen molar-refractivity contribution in [2.45, 2.75) is 70.5 Å². The number of nitrogens with zero attached hydrogens (tertiary/aromatic N) is 4. The summed E-state index contributed by atoms with van der Waals surface area (Å²) in [5.41, 5.74) is 0.164. The minimum Gasteiger partial charge on any atom is -0.462 e. The molecule has 2 N–H and O–H groups in total. The zero-order valence-corrected chi connectivity index (χ0v) is 18.7. The van der Waals surface area contributed by atoms with Gasteiger partial charge < -0.3 is 20.3 Å². The van der Waals surface area contributed by atoms with E-state index in [2.05, 4.69) is 26.7 Å². The van der Waals surface area contributed by atoms with E-state index < -0.39 is 5.97 Å². The second kappa shape index (κ2) is 10.7. The van der Waals surface area contributed by atoms with Crippen molar-refractivity contribution >= 4 is 29.3 Å². The van der Waals surface area contributed by atoms with Gasteiger partial charge in [-0.2, -0.15) is 5.26 Å². The number of carbonyl (C=O) groups excluding carboxylic acids is 2. The number of aryl methyl sites for hydroxylation is 1. The lowest BCUT2D eigenvalue weighted by molar-refractivity contribution is -0.130. The lowest BCUT2D eigenvalue weighted by Gasteiger charge is -2.31. The summed E-state index contributed by atoms with van der Waals surface area (Å²) in [6.07, 6.45) is 5.15. The summed E-state index contributed by atoms with van der Waals surface area (Å²) in [5.74, 6) is 0.335. The van der Waals surface area contributed by atoms with E-state index in [1.165, 1.54) is 0 Å². The summed E-state index contributed by atoms with van der Waals surface area (Å²) >= 11 is 6.19. The SMILES string of the molecule is CCOC(=O)c1c(Cl)nc(C)nc1NC1CCC(NCC(=O)N2CCC[C@H]2C#N)CC1. The number of halogens is 1. The average molecular weight is 449 g/mol. The van der Waals surface area contributed by atoms with Crippen LogP contribution in [0.5, 0.6) is 0 Å². The van der Waals surface area contributed by atoms with Gasteiger partial charge in [-0.15, -0.1) is 0 Å². The number of esters is 1. The summed E-state index contributed by atoms with van der Waals surface area (Å²) in [7, 11) is 0. The largest absolute Gasteiger partial charge is 0.462 e. The highest BCUT2D eigenvalue weighted by molar-refractivity contribution is 6.33. The Morgan fingerprint density at radius 2 is 1.94 bits per heavy atom. The van der Waals surface area contributed by atoms with Crippen LogP contribution in [-0.4, -0.2) is 64.6 Å². The van der Waals surface area contributed by atoms with Crippen LogP contribution >= 0.6 is 11.6 Å². The van der Waals surface area contributed by atoms with Gasteiger partial charge in [0.05, 0.1) is 19.2 Å². The van der Waals surface area contributed by atoms with Crippen molar-refractivity contribution in [1.29, 1.82) is 5.26 Å². The fourth-order valence-corrected chi connectivity index (χ4v) is 4.48. The molecule has 0 bridgehead atoms. The highest BCUT2D eigenvalue weighted by Gasteiger charge is 2.30. The number of hydrogen-bond acceptors (Lipinski definition) is 8. The molecule has 1 aliphatic heterocycles. The minimum atomic E-state index is -0.540. The number of carbonyl (C=O) groups is 2. The van der Waals surface area contributed by atoms with E-state index >= 15 is 0 Å². The van der Waals surface area contributed by atoms with E-state index in [1.54, 1.807) is 18.7 Å². The number of hydrogen-bond donors (Lipinski definition) is 2. The Morgan fingerprint density at radius 1 is 1.23 bits per heavy atom. The van der Waals surface area contributed by atoms with Crippen LogP contribution in [0.2, 0.25) is 5.15 Å². The first-order valence-corrected chi connectivity index (χ1v) is 11.2. The number of ether oxygens (including phenoxy) is 1. The Kier molecular flexibility index (Phi) is 8.04. The first-order chi connectivity index (χ1) is 14.9. The van der Waals surface area contributed by atoms with E-state index in [0.29, 0.717) is 18.2 Å². The second-order valence-corrected chi connectivity index (χ2v) is 8.31. The molecule has 1 saturated carbocycles. The molecular formula is C21H29ClN6O3. The van der Waals surface area contributed by atoms with Crippen LogP contribution in [0.15, 0.2) is 0 Å². The highest BCUT2D eigenvalue weighted by Crippen LogP contribution is 2.27. The monoisotopic (exact) mass is 448 g/mol. The van der Waals surface area contributed by atoms with Crippen molar-refractivity contribution in [3.63, 3.8) is 0 Å². The lowest BCUT2D eigenvalue weighted by Crippen LogP contribution is -2.45. The van der Waals surface area contributed by atoms with Crippen molar-refractivity contribution in [1.82, 2.24) is 20.2 Å². The third kappa shape index (κ3) is 5.83. The molecule has 2 fully saturated rings. The predicted octanol–water partition coefficient (Wildman–Crippen LogP) is 2.44. The zero-order chi connectivity index (χ0) is 22.4. The van der Waals surface area contributed by atoms with Crippen LogP contribution in [0.4, 0.5) is 5.82 Å². The number of nitrogens with one attached hydrogen (secondary N) is 2. The van der Waals surface area contributed by atoms with Crippen LogP contribution in [0.1, 0.15) is 61.6 Å². The minimum absolute atomic E-state index is 0.00511. The second-order valence-electron chi connectivity index (χ2n) is 7.95.